The molecule has 24 heavy (non-hydrogen) atoms. The smallest absolute Gasteiger partial charge is 0.226 e. The van der Waals surface area contributed by atoms with Gasteiger partial charge in [-0.15, -0.1) is 0 Å². The van der Waals surface area contributed by atoms with Crippen molar-refractivity contribution >= 4 is 16.9 Å². The van der Waals surface area contributed by atoms with Crippen LogP contribution in [0.1, 0.15) is 24.1 Å². The van der Waals surface area contributed by atoms with E-state index >= 15 is 0 Å². The molecule has 3 aromatic rings. The van der Waals surface area contributed by atoms with E-state index in [2.05, 4.69) is 10.5 Å². The normalized spacial score (nSPS) is 15.4. The van der Waals surface area contributed by atoms with Crippen LogP contribution in [0.15, 0.2) is 53.1 Å². The van der Waals surface area contributed by atoms with Gasteiger partial charge < -0.3 is 9.84 Å². The fourth-order valence-electron chi connectivity index (χ4n) is 3.07. The van der Waals surface area contributed by atoms with E-state index in [-0.39, 0.29) is 23.6 Å². The Morgan fingerprint density at radius 3 is 2.67 bits per heavy atom. The second-order valence-electron chi connectivity index (χ2n) is 6.37. The monoisotopic (exact) mass is 324 g/mol. The van der Waals surface area contributed by atoms with Crippen molar-refractivity contribution in [1.29, 1.82) is 0 Å². The van der Waals surface area contributed by atoms with Gasteiger partial charge in [0, 0.05) is 17.3 Å². The van der Waals surface area contributed by atoms with Crippen LogP contribution in [-0.2, 0) is 16.6 Å². The number of carbonyl (C=O) groups excluding carboxylic acids is 1. The van der Waals surface area contributed by atoms with Crippen molar-refractivity contribution < 1.29 is 13.7 Å². The Bertz CT molecular complexity index is 882. The molecular weight excluding hydrogens is 307 g/mol. The number of benzene rings is 2. The number of para-hydroxylation sites is 1. The first kappa shape index (κ1) is 14.9. The summed E-state index contributed by atoms with van der Waals surface area (Å²) in [6, 6.07) is 14.1. The number of amides is 1. The number of carbonyl (C=O) groups is 1. The van der Waals surface area contributed by atoms with Crippen LogP contribution in [0.4, 0.5) is 4.39 Å². The predicted octanol–water partition coefficient (Wildman–Crippen LogP) is 3.36. The lowest BCUT2D eigenvalue weighted by atomic mass is 9.96. The van der Waals surface area contributed by atoms with Crippen molar-refractivity contribution in [3.05, 3.63) is 65.6 Å². The van der Waals surface area contributed by atoms with Crippen molar-refractivity contribution in [2.24, 2.45) is 0 Å². The first-order valence-electron chi connectivity index (χ1n) is 8.02. The van der Waals surface area contributed by atoms with Crippen LogP contribution in [0.5, 0.6) is 0 Å². The highest BCUT2D eigenvalue weighted by Crippen LogP contribution is 2.47. The van der Waals surface area contributed by atoms with Crippen LogP contribution in [-0.4, -0.2) is 17.6 Å². The number of hydrogen-bond acceptors (Lipinski definition) is 3. The fraction of sp³-hybridized carbons (Fsp3) is 0.263. The molecule has 0 spiro atoms. The van der Waals surface area contributed by atoms with Gasteiger partial charge in [-0.25, -0.2) is 4.39 Å². The van der Waals surface area contributed by atoms with Gasteiger partial charge in [0.05, 0.1) is 6.42 Å². The quantitative estimate of drug-likeness (QED) is 0.783. The Morgan fingerprint density at radius 2 is 1.92 bits per heavy atom. The summed E-state index contributed by atoms with van der Waals surface area (Å²) in [7, 11) is 0. The molecule has 0 radical (unpaired) electrons. The molecule has 1 saturated carbocycles. The summed E-state index contributed by atoms with van der Waals surface area (Å²) in [6.07, 6.45) is 2.20. The first-order chi connectivity index (χ1) is 11.7. The van der Waals surface area contributed by atoms with Gasteiger partial charge in [0.15, 0.2) is 5.58 Å². The van der Waals surface area contributed by atoms with E-state index in [0.717, 1.165) is 23.8 Å². The highest BCUT2D eigenvalue weighted by molar-refractivity contribution is 5.86. The Kier molecular flexibility index (Phi) is 3.56. The van der Waals surface area contributed by atoms with E-state index in [0.29, 0.717) is 17.8 Å². The molecule has 0 aliphatic heterocycles. The largest absolute Gasteiger partial charge is 0.356 e. The van der Waals surface area contributed by atoms with Gasteiger partial charge in [-0.1, -0.05) is 29.4 Å². The van der Waals surface area contributed by atoms with Crippen LogP contribution in [0, 0.1) is 5.82 Å². The minimum Gasteiger partial charge on any atom is -0.356 e. The summed E-state index contributed by atoms with van der Waals surface area (Å²) < 4.78 is 18.3. The molecule has 0 bridgehead atoms. The molecule has 1 amide bonds. The number of hydrogen-bond donors (Lipinski definition) is 1. The molecule has 1 heterocycles. The highest BCUT2D eigenvalue weighted by atomic mass is 19.1. The van der Waals surface area contributed by atoms with Crippen molar-refractivity contribution in [2.45, 2.75) is 24.7 Å². The van der Waals surface area contributed by atoms with Crippen molar-refractivity contribution in [2.75, 3.05) is 6.54 Å². The minimum absolute atomic E-state index is 0.0464. The van der Waals surface area contributed by atoms with Gasteiger partial charge in [0.25, 0.3) is 0 Å². The zero-order chi connectivity index (χ0) is 16.6. The molecule has 1 fully saturated rings. The molecule has 122 valence electrons. The maximum absolute atomic E-state index is 13.1. The molecule has 5 heteroatoms. The summed E-state index contributed by atoms with van der Waals surface area (Å²) in [5.74, 6) is -0.320. The molecule has 0 atom stereocenters. The van der Waals surface area contributed by atoms with Gasteiger partial charge >= 0.3 is 0 Å². The zero-order valence-corrected chi connectivity index (χ0v) is 13.1. The number of nitrogens with one attached hydrogen (secondary N) is 1. The van der Waals surface area contributed by atoms with Crippen LogP contribution < -0.4 is 5.32 Å². The van der Waals surface area contributed by atoms with Crippen LogP contribution in [0.25, 0.3) is 11.0 Å². The number of rotatable bonds is 5. The summed E-state index contributed by atoms with van der Waals surface area (Å²) in [5.41, 5.74) is 2.37. The molecule has 2 aromatic carbocycles. The third kappa shape index (κ3) is 2.77. The van der Waals surface area contributed by atoms with E-state index in [9.17, 15) is 9.18 Å². The summed E-state index contributed by atoms with van der Waals surface area (Å²) >= 11 is 0. The van der Waals surface area contributed by atoms with E-state index in [1.54, 1.807) is 12.1 Å². The van der Waals surface area contributed by atoms with Crippen molar-refractivity contribution in [3.63, 3.8) is 0 Å². The highest BCUT2D eigenvalue weighted by Gasteiger charge is 2.44. The van der Waals surface area contributed by atoms with Crippen molar-refractivity contribution in [3.8, 4) is 0 Å². The number of nitrogens with zero attached hydrogens (tertiary/aromatic N) is 1. The SMILES string of the molecule is O=C(Cc1noc2ccccc12)NCC1(c2ccc(F)cc2)CC1. The second kappa shape index (κ2) is 5.74. The topological polar surface area (TPSA) is 55.1 Å². The number of fused-ring (bicyclic) bond motifs is 1. The molecule has 1 N–H and O–H groups in total. The van der Waals surface area contributed by atoms with E-state index < -0.39 is 0 Å². The Morgan fingerprint density at radius 1 is 1.17 bits per heavy atom. The average Bonchev–Trinajstić information content (AvgIpc) is 3.29. The predicted molar refractivity (Wildman–Crippen MR) is 88.0 cm³/mol. The number of aromatic nitrogens is 1. The van der Waals surface area contributed by atoms with Gasteiger partial charge in [-0.3, -0.25) is 4.79 Å². The number of halogens is 1. The second-order valence-corrected chi connectivity index (χ2v) is 6.37. The lowest BCUT2D eigenvalue weighted by molar-refractivity contribution is -0.120. The lowest BCUT2D eigenvalue weighted by Crippen LogP contribution is -2.33. The van der Waals surface area contributed by atoms with Gasteiger partial charge in [0.1, 0.15) is 11.5 Å². The Hall–Kier alpha value is -2.69. The van der Waals surface area contributed by atoms with E-state index in [4.69, 9.17) is 4.52 Å². The standard InChI is InChI=1S/C19H17FN2O2/c20-14-7-5-13(6-8-14)19(9-10-19)12-21-18(23)11-16-15-3-1-2-4-17(15)24-22-16/h1-8H,9-12H2,(H,21,23). The summed E-state index contributed by atoms with van der Waals surface area (Å²) in [5, 5.41) is 7.84. The molecule has 1 aromatic heterocycles. The van der Waals surface area contributed by atoms with Crippen LogP contribution >= 0.6 is 0 Å². The summed E-state index contributed by atoms with van der Waals surface area (Å²) in [6.45, 7) is 0.563. The van der Waals surface area contributed by atoms with Gasteiger partial charge in [-0.2, -0.15) is 0 Å². The van der Waals surface area contributed by atoms with Gasteiger partial charge in [0.2, 0.25) is 5.91 Å². The molecule has 1 aliphatic rings. The Balaban J connectivity index is 1.41. The first-order valence-corrected chi connectivity index (χ1v) is 8.02. The fourth-order valence-corrected chi connectivity index (χ4v) is 3.07. The molecular formula is C19H17FN2O2. The minimum atomic E-state index is -0.239. The van der Waals surface area contributed by atoms with Crippen LogP contribution in [0.2, 0.25) is 0 Å². The molecule has 0 saturated heterocycles. The molecule has 4 nitrogen and oxygen atoms in total. The summed E-state index contributed by atoms with van der Waals surface area (Å²) in [4.78, 5) is 12.3. The molecule has 4 rings (SSSR count). The molecule has 0 unspecified atom stereocenters. The van der Waals surface area contributed by atoms with E-state index in [1.807, 2.05) is 24.3 Å². The average molecular weight is 324 g/mol. The van der Waals surface area contributed by atoms with Crippen molar-refractivity contribution in [1.82, 2.24) is 10.5 Å². The molecule has 1 aliphatic carbocycles. The van der Waals surface area contributed by atoms with Crippen LogP contribution in [0.3, 0.4) is 0 Å². The third-order valence-electron chi connectivity index (χ3n) is 4.71. The maximum Gasteiger partial charge on any atom is 0.226 e. The van der Waals surface area contributed by atoms with Gasteiger partial charge in [-0.05, 0) is 42.7 Å². The maximum atomic E-state index is 13.1. The zero-order valence-electron chi connectivity index (χ0n) is 13.1. The Labute approximate surface area is 138 Å². The van der Waals surface area contributed by atoms with E-state index in [1.165, 1.54) is 12.1 Å². The third-order valence-corrected chi connectivity index (χ3v) is 4.71. The lowest BCUT2D eigenvalue weighted by Gasteiger charge is -2.16.